The molecular weight excluding hydrogens is 286 g/mol. The second-order valence-corrected chi connectivity index (χ2v) is 6.95. The van der Waals surface area contributed by atoms with Crippen LogP contribution in [0.4, 0.5) is 5.82 Å². The number of thioether (sulfide) groups is 1. The van der Waals surface area contributed by atoms with Crippen LogP contribution in [0.1, 0.15) is 19.7 Å². The van der Waals surface area contributed by atoms with Crippen molar-refractivity contribution >= 4 is 33.5 Å². The highest BCUT2D eigenvalue weighted by molar-refractivity contribution is 9.10. The van der Waals surface area contributed by atoms with Crippen LogP contribution in [0.15, 0.2) is 10.7 Å². The van der Waals surface area contributed by atoms with E-state index in [0.29, 0.717) is 10.5 Å². The predicted octanol–water partition coefficient (Wildman–Crippen LogP) is 2.88. The molecule has 88 valence electrons. The van der Waals surface area contributed by atoms with Crippen molar-refractivity contribution in [3.05, 3.63) is 16.5 Å². The van der Waals surface area contributed by atoms with Gasteiger partial charge in [-0.2, -0.15) is 11.8 Å². The van der Waals surface area contributed by atoms with Gasteiger partial charge >= 0.3 is 0 Å². The van der Waals surface area contributed by atoms with Gasteiger partial charge in [-0.05, 0) is 22.9 Å². The summed E-state index contributed by atoms with van der Waals surface area (Å²) in [6, 6.07) is 2.00. The van der Waals surface area contributed by atoms with Crippen molar-refractivity contribution in [1.82, 2.24) is 9.97 Å². The van der Waals surface area contributed by atoms with Gasteiger partial charge in [0.2, 0.25) is 0 Å². The van der Waals surface area contributed by atoms with Crippen LogP contribution in [0.2, 0.25) is 0 Å². The van der Waals surface area contributed by atoms with Gasteiger partial charge < -0.3 is 4.90 Å². The Hall–Kier alpha value is -0.290. The van der Waals surface area contributed by atoms with Gasteiger partial charge in [0.25, 0.3) is 0 Å². The lowest BCUT2D eigenvalue weighted by molar-refractivity contribution is 0.714. The normalized spacial score (nSPS) is 25.9. The van der Waals surface area contributed by atoms with Crippen molar-refractivity contribution in [2.75, 3.05) is 18.0 Å². The van der Waals surface area contributed by atoms with Gasteiger partial charge in [-0.15, -0.1) is 0 Å². The minimum Gasteiger partial charge on any atom is -0.354 e. The van der Waals surface area contributed by atoms with E-state index in [0.717, 1.165) is 29.3 Å². The summed E-state index contributed by atoms with van der Waals surface area (Å²) in [6.07, 6.45) is 0. The summed E-state index contributed by atoms with van der Waals surface area (Å²) in [4.78, 5) is 11.1. The van der Waals surface area contributed by atoms with Gasteiger partial charge in [-0.3, -0.25) is 0 Å². The predicted molar refractivity (Wildman–Crippen MR) is 73.2 cm³/mol. The maximum atomic E-state index is 4.50. The lowest BCUT2D eigenvalue weighted by Gasteiger charge is -2.35. The summed E-state index contributed by atoms with van der Waals surface area (Å²) in [6.45, 7) is 8.61. The van der Waals surface area contributed by atoms with Crippen LogP contribution in [-0.4, -0.2) is 33.6 Å². The molecule has 0 radical (unpaired) electrons. The topological polar surface area (TPSA) is 29.0 Å². The van der Waals surface area contributed by atoms with Gasteiger partial charge in [0, 0.05) is 29.7 Å². The Bertz CT molecular complexity index is 355. The monoisotopic (exact) mass is 301 g/mol. The smallest absolute Gasteiger partial charge is 0.133 e. The van der Waals surface area contributed by atoms with Crippen LogP contribution in [0, 0.1) is 6.92 Å². The first-order chi connectivity index (χ1) is 7.54. The summed E-state index contributed by atoms with van der Waals surface area (Å²) in [7, 11) is 0. The van der Waals surface area contributed by atoms with E-state index >= 15 is 0 Å². The average molecular weight is 302 g/mol. The van der Waals surface area contributed by atoms with Gasteiger partial charge in [0.15, 0.2) is 0 Å². The van der Waals surface area contributed by atoms with Crippen molar-refractivity contribution in [2.45, 2.75) is 31.3 Å². The molecule has 0 spiro atoms. The number of aryl methyl sites for hydroxylation is 1. The standard InChI is InChI=1S/C11H16BrN3S/c1-7-5-15(6-8(2)16-7)11-4-10(12)13-9(3)14-11/h4,7-8H,5-6H2,1-3H3. The Labute approximate surface area is 109 Å². The molecule has 16 heavy (non-hydrogen) atoms. The zero-order chi connectivity index (χ0) is 11.7. The fourth-order valence-electron chi connectivity index (χ4n) is 2.04. The second kappa shape index (κ2) is 4.92. The van der Waals surface area contributed by atoms with Crippen LogP contribution in [0.3, 0.4) is 0 Å². The minimum atomic E-state index is 0.665. The van der Waals surface area contributed by atoms with E-state index in [2.05, 4.69) is 56.4 Å². The summed E-state index contributed by atoms with van der Waals surface area (Å²) in [5.41, 5.74) is 0. The van der Waals surface area contributed by atoms with Gasteiger partial charge in [0.05, 0.1) is 0 Å². The van der Waals surface area contributed by atoms with Crippen LogP contribution in [0.25, 0.3) is 0 Å². The SMILES string of the molecule is Cc1nc(Br)cc(N2CC(C)SC(C)C2)n1. The quantitative estimate of drug-likeness (QED) is 0.746. The highest BCUT2D eigenvalue weighted by atomic mass is 79.9. The van der Waals surface area contributed by atoms with Crippen LogP contribution in [-0.2, 0) is 0 Å². The van der Waals surface area contributed by atoms with Crippen molar-refractivity contribution in [3.63, 3.8) is 0 Å². The molecule has 1 fully saturated rings. The fourth-order valence-corrected chi connectivity index (χ4v) is 3.83. The third kappa shape index (κ3) is 2.88. The third-order valence-corrected chi connectivity index (χ3v) is 4.17. The molecular formula is C11H16BrN3S. The Morgan fingerprint density at radius 2 is 1.94 bits per heavy atom. The molecule has 2 atom stereocenters. The fraction of sp³-hybridized carbons (Fsp3) is 0.636. The molecule has 0 aromatic carbocycles. The number of nitrogens with zero attached hydrogens (tertiary/aromatic N) is 3. The number of hydrogen-bond acceptors (Lipinski definition) is 4. The number of aromatic nitrogens is 2. The molecule has 0 aliphatic carbocycles. The van der Waals surface area contributed by atoms with E-state index in [4.69, 9.17) is 0 Å². The molecule has 1 aromatic rings. The van der Waals surface area contributed by atoms with E-state index in [9.17, 15) is 0 Å². The largest absolute Gasteiger partial charge is 0.354 e. The number of anilines is 1. The van der Waals surface area contributed by atoms with Crippen molar-refractivity contribution in [3.8, 4) is 0 Å². The highest BCUT2D eigenvalue weighted by Crippen LogP contribution is 2.28. The van der Waals surface area contributed by atoms with E-state index in [1.54, 1.807) is 0 Å². The van der Waals surface area contributed by atoms with Crippen molar-refractivity contribution in [2.24, 2.45) is 0 Å². The maximum Gasteiger partial charge on any atom is 0.133 e. The lowest BCUT2D eigenvalue weighted by atomic mass is 10.3. The molecule has 0 N–H and O–H groups in total. The third-order valence-electron chi connectivity index (χ3n) is 2.54. The lowest BCUT2D eigenvalue weighted by Crippen LogP contribution is -2.41. The minimum absolute atomic E-state index is 0.665. The molecule has 2 unspecified atom stereocenters. The molecule has 0 saturated carbocycles. The van der Waals surface area contributed by atoms with E-state index in [-0.39, 0.29) is 0 Å². The molecule has 1 saturated heterocycles. The van der Waals surface area contributed by atoms with Crippen LogP contribution in [0.5, 0.6) is 0 Å². The van der Waals surface area contributed by atoms with Crippen LogP contribution < -0.4 is 4.90 Å². The molecule has 1 aliphatic rings. The molecule has 5 heteroatoms. The zero-order valence-electron chi connectivity index (χ0n) is 9.77. The molecule has 0 bridgehead atoms. The summed E-state index contributed by atoms with van der Waals surface area (Å²) >= 11 is 5.48. The molecule has 1 aliphatic heterocycles. The first kappa shape index (κ1) is 12.2. The first-order valence-corrected chi connectivity index (χ1v) is 7.20. The van der Waals surface area contributed by atoms with Gasteiger partial charge in [-0.1, -0.05) is 13.8 Å². The number of hydrogen-bond donors (Lipinski definition) is 0. The summed E-state index contributed by atoms with van der Waals surface area (Å²) < 4.78 is 0.869. The number of rotatable bonds is 1. The Morgan fingerprint density at radius 1 is 1.31 bits per heavy atom. The van der Waals surface area contributed by atoms with Gasteiger partial charge in [-0.25, -0.2) is 9.97 Å². The Morgan fingerprint density at radius 3 is 2.50 bits per heavy atom. The maximum absolute atomic E-state index is 4.50. The Balaban J connectivity index is 2.22. The summed E-state index contributed by atoms with van der Waals surface area (Å²) in [5, 5.41) is 1.33. The van der Waals surface area contributed by atoms with Gasteiger partial charge in [0.1, 0.15) is 16.2 Å². The molecule has 1 aromatic heterocycles. The number of halogens is 1. The van der Waals surface area contributed by atoms with E-state index in [1.807, 2.05) is 13.0 Å². The van der Waals surface area contributed by atoms with Crippen LogP contribution >= 0.6 is 27.7 Å². The molecule has 2 heterocycles. The Kier molecular flexibility index (Phi) is 3.74. The average Bonchev–Trinajstić information content (AvgIpc) is 2.14. The highest BCUT2D eigenvalue weighted by Gasteiger charge is 2.23. The van der Waals surface area contributed by atoms with Crippen molar-refractivity contribution < 1.29 is 0 Å². The van der Waals surface area contributed by atoms with E-state index < -0.39 is 0 Å². The zero-order valence-corrected chi connectivity index (χ0v) is 12.2. The van der Waals surface area contributed by atoms with E-state index in [1.165, 1.54) is 0 Å². The molecule has 2 rings (SSSR count). The first-order valence-electron chi connectivity index (χ1n) is 5.46. The van der Waals surface area contributed by atoms with Crippen molar-refractivity contribution in [1.29, 1.82) is 0 Å². The summed E-state index contributed by atoms with van der Waals surface area (Å²) in [5.74, 6) is 1.86. The second-order valence-electron chi connectivity index (χ2n) is 4.26. The molecule has 0 amide bonds. The molecule has 3 nitrogen and oxygen atoms in total.